The van der Waals surface area contributed by atoms with Crippen molar-refractivity contribution in [1.29, 1.82) is 0 Å². The summed E-state index contributed by atoms with van der Waals surface area (Å²) in [5.41, 5.74) is 8.38. The molecule has 0 saturated carbocycles. The molecular weight excluding hydrogens is 374 g/mol. The van der Waals surface area contributed by atoms with E-state index >= 15 is 0 Å². The molecule has 3 aromatic rings. The summed E-state index contributed by atoms with van der Waals surface area (Å²) in [7, 11) is 0. The Hall–Kier alpha value is -3.44. The van der Waals surface area contributed by atoms with Crippen LogP contribution in [0, 0.1) is 0 Å². The molecule has 1 unspecified atom stereocenters. The smallest absolute Gasteiger partial charge is 0.240 e. The molecule has 154 valence electrons. The van der Waals surface area contributed by atoms with Gasteiger partial charge in [-0.05, 0) is 29.7 Å². The number of hydrogen-bond donors (Lipinski definition) is 2. The Kier molecular flexibility index (Phi) is 7.75. The summed E-state index contributed by atoms with van der Waals surface area (Å²) in [6.45, 7) is 0.411. The van der Waals surface area contributed by atoms with Gasteiger partial charge in [0.25, 0.3) is 0 Å². The summed E-state index contributed by atoms with van der Waals surface area (Å²) < 4.78 is 0. The molecule has 0 aliphatic heterocycles. The molecule has 30 heavy (non-hydrogen) atoms. The van der Waals surface area contributed by atoms with Gasteiger partial charge in [-0.25, -0.2) is 0 Å². The van der Waals surface area contributed by atoms with Crippen molar-refractivity contribution >= 4 is 17.5 Å². The molecule has 0 heterocycles. The Labute approximate surface area is 177 Å². The molecule has 0 aromatic heterocycles. The van der Waals surface area contributed by atoms with Gasteiger partial charge in [-0.15, -0.1) is 0 Å². The number of nitrogens with zero attached hydrogens (tertiary/aromatic N) is 1. The predicted molar refractivity (Wildman–Crippen MR) is 120 cm³/mol. The van der Waals surface area contributed by atoms with E-state index in [0.29, 0.717) is 0 Å². The monoisotopic (exact) mass is 401 g/mol. The summed E-state index contributed by atoms with van der Waals surface area (Å²) in [6, 6.07) is 29.7. The maximum Gasteiger partial charge on any atom is 0.240 e. The molecule has 3 N–H and O–H groups in total. The van der Waals surface area contributed by atoms with Crippen LogP contribution in [0.25, 0.3) is 0 Å². The van der Waals surface area contributed by atoms with Gasteiger partial charge in [0.15, 0.2) is 0 Å². The normalized spacial score (nSPS) is 11.6. The predicted octanol–water partition coefficient (Wildman–Crippen LogP) is 3.47. The highest BCUT2D eigenvalue weighted by molar-refractivity contribution is 5.95. The Morgan fingerprint density at radius 1 is 0.833 bits per heavy atom. The van der Waals surface area contributed by atoms with Gasteiger partial charge in [-0.2, -0.15) is 0 Å². The molecule has 0 bridgehead atoms. The topological polar surface area (TPSA) is 75.4 Å². The zero-order chi connectivity index (χ0) is 21.2. The van der Waals surface area contributed by atoms with Crippen LogP contribution in [0.15, 0.2) is 91.0 Å². The molecule has 5 nitrogen and oxygen atoms in total. The second kappa shape index (κ2) is 10.9. The number of amides is 2. The van der Waals surface area contributed by atoms with Crippen LogP contribution in [0.5, 0.6) is 0 Å². The zero-order valence-electron chi connectivity index (χ0n) is 16.9. The lowest BCUT2D eigenvalue weighted by Gasteiger charge is -2.25. The average Bonchev–Trinajstić information content (AvgIpc) is 2.78. The largest absolute Gasteiger partial charge is 0.370 e. The van der Waals surface area contributed by atoms with Crippen LogP contribution in [-0.2, 0) is 16.0 Å². The van der Waals surface area contributed by atoms with Crippen molar-refractivity contribution in [2.24, 2.45) is 5.73 Å². The van der Waals surface area contributed by atoms with Crippen LogP contribution >= 0.6 is 0 Å². The molecule has 0 saturated heterocycles. The number of rotatable bonds is 10. The van der Waals surface area contributed by atoms with Gasteiger partial charge in [-0.1, -0.05) is 78.9 Å². The standard InChI is InChI=1S/C25H27N3O2/c26-24(29)16-17-28(22-14-8-3-9-15-22)25(30)19-27-23(21-12-6-2-7-13-21)18-20-10-4-1-5-11-20/h1-15,23,27H,16-19H2,(H2,26,29). The first-order valence-corrected chi connectivity index (χ1v) is 10.1. The number of carbonyl (C=O) groups excluding carboxylic acids is 2. The van der Waals surface area contributed by atoms with Crippen molar-refractivity contribution < 1.29 is 9.59 Å². The molecule has 0 spiro atoms. The van der Waals surface area contributed by atoms with Crippen LogP contribution in [0.3, 0.4) is 0 Å². The van der Waals surface area contributed by atoms with Gasteiger partial charge in [0.1, 0.15) is 0 Å². The van der Waals surface area contributed by atoms with Gasteiger partial charge in [0, 0.05) is 24.7 Å². The molecule has 1 atom stereocenters. The highest BCUT2D eigenvalue weighted by Crippen LogP contribution is 2.19. The van der Waals surface area contributed by atoms with E-state index in [1.807, 2.05) is 66.7 Å². The van der Waals surface area contributed by atoms with Crippen LogP contribution < -0.4 is 16.0 Å². The number of anilines is 1. The quantitative estimate of drug-likeness (QED) is 0.546. The number of carbonyl (C=O) groups is 2. The highest BCUT2D eigenvalue weighted by Gasteiger charge is 2.19. The number of benzene rings is 3. The van der Waals surface area contributed by atoms with Crippen LogP contribution in [0.1, 0.15) is 23.6 Å². The van der Waals surface area contributed by atoms with E-state index < -0.39 is 5.91 Å². The Morgan fingerprint density at radius 2 is 1.40 bits per heavy atom. The first kappa shape index (κ1) is 21.3. The van der Waals surface area contributed by atoms with Gasteiger partial charge >= 0.3 is 0 Å². The van der Waals surface area contributed by atoms with Crippen molar-refractivity contribution in [3.05, 3.63) is 102 Å². The minimum atomic E-state index is -0.428. The number of hydrogen-bond acceptors (Lipinski definition) is 3. The zero-order valence-corrected chi connectivity index (χ0v) is 16.9. The van der Waals surface area contributed by atoms with Gasteiger partial charge < -0.3 is 16.0 Å². The fraction of sp³-hybridized carbons (Fsp3) is 0.200. The first-order chi connectivity index (χ1) is 14.6. The van der Waals surface area contributed by atoms with E-state index in [-0.39, 0.29) is 31.5 Å². The maximum absolute atomic E-state index is 13.1. The molecular formula is C25H27N3O2. The maximum atomic E-state index is 13.1. The van der Waals surface area contributed by atoms with Crippen molar-refractivity contribution in [2.75, 3.05) is 18.0 Å². The van der Waals surface area contributed by atoms with E-state index in [9.17, 15) is 9.59 Å². The number of primary amides is 1. The molecule has 5 heteroatoms. The highest BCUT2D eigenvalue weighted by atomic mass is 16.2. The fourth-order valence-corrected chi connectivity index (χ4v) is 3.38. The fourth-order valence-electron chi connectivity index (χ4n) is 3.38. The van der Waals surface area contributed by atoms with E-state index in [1.165, 1.54) is 5.56 Å². The summed E-state index contributed by atoms with van der Waals surface area (Å²) in [4.78, 5) is 25.9. The minimum Gasteiger partial charge on any atom is -0.370 e. The van der Waals surface area contributed by atoms with E-state index in [1.54, 1.807) is 4.90 Å². The van der Waals surface area contributed by atoms with E-state index in [4.69, 9.17) is 5.73 Å². The van der Waals surface area contributed by atoms with Crippen LogP contribution in [-0.4, -0.2) is 24.9 Å². The van der Waals surface area contributed by atoms with Crippen LogP contribution in [0.4, 0.5) is 5.69 Å². The third kappa shape index (κ3) is 6.29. The van der Waals surface area contributed by atoms with Crippen molar-refractivity contribution in [3.63, 3.8) is 0 Å². The average molecular weight is 402 g/mol. The van der Waals surface area contributed by atoms with Crippen molar-refractivity contribution in [1.82, 2.24) is 5.32 Å². The van der Waals surface area contributed by atoms with E-state index in [2.05, 4.69) is 29.6 Å². The molecule has 0 fully saturated rings. The second-order valence-corrected chi connectivity index (χ2v) is 7.13. The summed E-state index contributed by atoms with van der Waals surface area (Å²) in [6.07, 6.45) is 0.886. The Balaban J connectivity index is 1.73. The number of nitrogens with one attached hydrogen (secondary N) is 1. The first-order valence-electron chi connectivity index (χ1n) is 10.1. The molecule has 3 rings (SSSR count). The van der Waals surface area contributed by atoms with Crippen LogP contribution in [0.2, 0.25) is 0 Å². The van der Waals surface area contributed by atoms with Gasteiger partial charge in [-0.3, -0.25) is 9.59 Å². The molecule has 0 aliphatic carbocycles. The molecule has 0 radical (unpaired) electrons. The van der Waals surface area contributed by atoms with Gasteiger partial charge in [0.05, 0.1) is 6.54 Å². The lowest BCUT2D eigenvalue weighted by Crippen LogP contribution is -2.41. The lowest BCUT2D eigenvalue weighted by molar-refractivity contribution is -0.118. The minimum absolute atomic E-state index is 0.00804. The summed E-state index contributed by atoms with van der Waals surface area (Å²) in [5, 5.41) is 3.41. The summed E-state index contributed by atoms with van der Waals surface area (Å²) >= 11 is 0. The second-order valence-electron chi connectivity index (χ2n) is 7.13. The molecule has 0 aliphatic rings. The SMILES string of the molecule is NC(=O)CCN(C(=O)CNC(Cc1ccccc1)c1ccccc1)c1ccccc1. The Bertz CT molecular complexity index is 930. The lowest BCUT2D eigenvalue weighted by atomic mass is 9.99. The Morgan fingerprint density at radius 3 is 2.00 bits per heavy atom. The van der Waals surface area contributed by atoms with E-state index in [0.717, 1.165) is 17.7 Å². The number of nitrogens with two attached hydrogens (primary N) is 1. The summed E-state index contributed by atoms with van der Waals surface area (Å²) in [5.74, 6) is -0.528. The third-order valence-corrected chi connectivity index (χ3v) is 4.94. The number of para-hydroxylation sites is 1. The van der Waals surface area contributed by atoms with Crippen molar-refractivity contribution in [3.8, 4) is 0 Å². The molecule has 2 amide bonds. The van der Waals surface area contributed by atoms with Gasteiger partial charge in [0.2, 0.25) is 11.8 Å². The van der Waals surface area contributed by atoms with Crippen molar-refractivity contribution in [2.45, 2.75) is 18.9 Å². The third-order valence-electron chi connectivity index (χ3n) is 4.94. The molecule has 3 aromatic carbocycles.